The highest BCUT2D eigenvalue weighted by Crippen LogP contribution is 2.26. The molecule has 3 heteroatoms. The Hall–Kier alpha value is -0.800. The van der Waals surface area contributed by atoms with Crippen molar-refractivity contribution in [1.82, 2.24) is 9.80 Å². The molecular formula is C16H29N3. The van der Waals surface area contributed by atoms with Crippen LogP contribution in [0.3, 0.4) is 0 Å². The molecule has 0 aromatic heterocycles. The van der Waals surface area contributed by atoms with Crippen molar-refractivity contribution in [3.05, 3.63) is 23.5 Å². The summed E-state index contributed by atoms with van der Waals surface area (Å²) < 4.78 is 0. The molecule has 1 saturated heterocycles. The predicted molar refractivity (Wildman–Crippen MR) is 81.7 cm³/mol. The molecule has 19 heavy (non-hydrogen) atoms. The Morgan fingerprint density at radius 1 is 1.32 bits per heavy atom. The molecule has 3 nitrogen and oxygen atoms in total. The van der Waals surface area contributed by atoms with E-state index in [1.54, 1.807) is 0 Å². The quantitative estimate of drug-likeness (QED) is 0.846. The minimum absolute atomic E-state index is 0.412. The first-order chi connectivity index (χ1) is 9.13. The van der Waals surface area contributed by atoms with Gasteiger partial charge in [0.25, 0.3) is 0 Å². The predicted octanol–water partition coefficient (Wildman–Crippen LogP) is 2.70. The monoisotopic (exact) mass is 263 g/mol. The van der Waals surface area contributed by atoms with Crippen LogP contribution in [0.5, 0.6) is 0 Å². The third-order valence-corrected chi connectivity index (χ3v) is 4.62. The van der Waals surface area contributed by atoms with Gasteiger partial charge in [-0.2, -0.15) is 0 Å². The van der Waals surface area contributed by atoms with Crippen molar-refractivity contribution < 1.29 is 0 Å². The van der Waals surface area contributed by atoms with Gasteiger partial charge in [-0.15, -0.1) is 0 Å². The summed E-state index contributed by atoms with van der Waals surface area (Å²) in [6.07, 6.45) is 9.13. The average Bonchev–Trinajstić information content (AvgIpc) is 2.93. The van der Waals surface area contributed by atoms with Crippen molar-refractivity contribution in [3.8, 4) is 0 Å². The Morgan fingerprint density at radius 2 is 2.00 bits per heavy atom. The average molecular weight is 263 g/mol. The Morgan fingerprint density at radius 3 is 2.53 bits per heavy atom. The summed E-state index contributed by atoms with van der Waals surface area (Å²) in [5, 5.41) is 0. The van der Waals surface area contributed by atoms with Gasteiger partial charge in [0.05, 0.1) is 0 Å². The molecule has 0 spiro atoms. The second-order valence-corrected chi connectivity index (χ2v) is 5.94. The lowest BCUT2D eigenvalue weighted by Crippen LogP contribution is -2.46. The Balaban J connectivity index is 2.12. The summed E-state index contributed by atoms with van der Waals surface area (Å²) in [5.74, 6) is 0. The zero-order chi connectivity index (χ0) is 13.8. The summed E-state index contributed by atoms with van der Waals surface area (Å²) in [6, 6.07) is 0.921. The van der Waals surface area contributed by atoms with Crippen LogP contribution in [0.2, 0.25) is 0 Å². The van der Waals surface area contributed by atoms with Crippen LogP contribution in [-0.2, 0) is 0 Å². The number of nitrogens with two attached hydrogens (primary N) is 1. The lowest BCUT2D eigenvalue weighted by atomic mass is 10.0. The summed E-state index contributed by atoms with van der Waals surface area (Å²) in [6.45, 7) is 10.3. The Kier molecular flexibility index (Phi) is 5.06. The van der Waals surface area contributed by atoms with E-state index < -0.39 is 0 Å². The van der Waals surface area contributed by atoms with E-state index >= 15 is 0 Å². The van der Waals surface area contributed by atoms with Gasteiger partial charge in [0.2, 0.25) is 0 Å². The van der Waals surface area contributed by atoms with Crippen molar-refractivity contribution in [2.75, 3.05) is 19.6 Å². The van der Waals surface area contributed by atoms with Gasteiger partial charge in [-0.05, 0) is 45.7 Å². The van der Waals surface area contributed by atoms with E-state index in [0.717, 1.165) is 38.9 Å². The van der Waals surface area contributed by atoms with Crippen molar-refractivity contribution >= 4 is 0 Å². The Bertz CT molecular complexity index is 351. The molecular weight excluding hydrogens is 234 g/mol. The lowest BCUT2D eigenvalue weighted by Gasteiger charge is -2.39. The molecule has 2 aliphatic heterocycles. The highest BCUT2D eigenvalue weighted by atomic mass is 15.2. The molecule has 0 aromatic rings. The zero-order valence-corrected chi connectivity index (χ0v) is 12.7. The SMILES string of the molecule is CC/C(C)=C(/C(C)N1CCC(N)CC1)N1C=CCC1. The number of hydrogen-bond donors (Lipinski definition) is 1. The topological polar surface area (TPSA) is 32.5 Å². The molecule has 1 fully saturated rings. The standard InChI is InChI=1S/C16H29N3/c1-4-13(2)16(19-9-5-6-10-19)14(3)18-11-7-15(17)8-12-18/h5,9,14-15H,4,6-8,10-12,17H2,1-3H3/b16-13-. The van der Waals surface area contributed by atoms with E-state index in [2.05, 4.69) is 42.8 Å². The van der Waals surface area contributed by atoms with Crippen molar-refractivity contribution in [1.29, 1.82) is 0 Å². The van der Waals surface area contributed by atoms with Gasteiger partial charge in [-0.25, -0.2) is 0 Å². The first-order valence-corrected chi connectivity index (χ1v) is 7.76. The van der Waals surface area contributed by atoms with Crippen LogP contribution < -0.4 is 5.73 Å². The van der Waals surface area contributed by atoms with E-state index in [1.807, 2.05) is 0 Å². The second-order valence-electron chi connectivity index (χ2n) is 5.94. The lowest BCUT2D eigenvalue weighted by molar-refractivity contribution is 0.164. The molecule has 0 aliphatic carbocycles. The highest BCUT2D eigenvalue weighted by molar-refractivity contribution is 5.21. The molecule has 0 amide bonds. The van der Waals surface area contributed by atoms with E-state index in [1.165, 1.54) is 17.7 Å². The fourth-order valence-corrected chi connectivity index (χ4v) is 3.19. The minimum Gasteiger partial charge on any atom is -0.350 e. The maximum atomic E-state index is 6.02. The van der Waals surface area contributed by atoms with Gasteiger partial charge >= 0.3 is 0 Å². The molecule has 1 unspecified atom stereocenters. The van der Waals surface area contributed by atoms with Crippen LogP contribution in [0.25, 0.3) is 0 Å². The van der Waals surface area contributed by atoms with Crippen molar-refractivity contribution in [2.24, 2.45) is 5.73 Å². The summed E-state index contributed by atoms with van der Waals surface area (Å²) in [4.78, 5) is 5.06. The molecule has 2 heterocycles. The maximum Gasteiger partial charge on any atom is 0.0471 e. The third kappa shape index (κ3) is 3.40. The Labute approximate surface area is 118 Å². The van der Waals surface area contributed by atoms with Crippen molar-refractivity contribution in [2.45, 2.75) is 58.5 Å². The maximum absolute atomic E-state index is 6.02. The third-order valence-electron chi connectivity index (χ3n) is 4.62. The van der Waals surface area contributed by atoms with Crippen LogP contribution in [-0.4, -0.2) is 41.5 Å². The van der Waals surface area contributed by atoms with E-state index in [0.29, 0.717) is 12.1 Å². The number of rotatable bonds is 4. The fourth-order valence-electron chi connectivity index (χ4n) is 3.19. The molecule has 0 radical (unpaired) electrons. The van der Waals surface area contributed by atoms with Gasteiger partial charge in [0, 0.05) is 37.4 Å². The van der Waals surface area contributed by atoms with Gasteiger partial charge < -0.3 is 10.6 Å². The molecule has 2 N–H and O–H groups in total. The number of hydrogen-bond acceptors (Lipinski definition) is 3. The molecule has 0 aromatic carbocycles. The van der Waals surface area contributed by atoms with E-state index in [4.69, 9.17) is 5.73 Å². The second kappa shape index (κ2) is 6.58. The van der Waals surface area contributed by atoms with Crippen LogP contribution in [0.1, 0.15) is 46.5 Å². The minimum atomic E-state index is 0.412. The van der Waals surface area contributed by atoms with Crippen LogP contribution >= 0.6 is 0 Å². The van der Waals surface area contributed by atoms with Gasteiger partial charge in [0.15, 0.2) is 0 Å². The largest absolute Gasteiger partial charge is 0.350 e. The molecule has 0 bridgehead atoms. The van der Waals surface area contributed by atoms with Gasteiger partial charge in [-0.3, -0.25) is 4.90 Å². The smallest absolute Gasteiger partial charge is 0.0471 e. The van der Waals surface area contributed by atoms with Gasteiger partial charge in [-0.1, -0.05) is 18.6 Å². The zero-order valence-electron chi connectivity index (χ0n) is 12.7. The summed E-state index contributed by atoms with van der Waals surface area (Å²) >= 11 is 0. The molecule has 2 rings (SSSR count). The van der Waals surface area contributed by atoms with Crippen LogP contribution in [0.15, 0.2) is 23.5 Å². The number of allylic oxidation sites excluding steroid dienone is 1. The molecule has 2 aliphatic rings. The fraction of sp³-hybridized carbons (Fsp3) is 0.750. The first-order valence-electron chi connectivity index (χ1n) is 7.76. The van der Waals surface area contributed by atoms with E-state index in [9.17, 15) is 0 Å². The number of likely N-dealkylation sites (tertiary alicyclic amines) is 1. The van der Waals surface area contributed by atoms with Crippen molar-refractivity contribution in [3.63, 3.8) is 0 Å². The molecule has 0 saturated carbocycles. The van der Waals surface area contributed by atoms with Gasteiger partial charge in [0.1, 0.15) is 0 Å². The number of nitrogens with zero attached hydrogens (tertiary/aromatic N) is 2. The molecule has 108 valence electrons. The van der Waals surface area contributed by atoms with E-state index in [-0.39, 0.29) is 0 Å². The highest BCUT2D eigenvalue weighted by Gasteiger charge is 2.26. The summed E-state index contributed by atoms with van der Waals surface area (Å²) in [7, 11) is 0. The van der Waals surface area contributed by atoms with Crippen LogP contribution in [0, 0.1) is 0 Å². The first kappa shape index (κ1) is 14.6. The summed E-state index contributed by atoms with van der Waals surface area (Å²) in [5.41, 5.74) is 9.06. The normalized spacial score (nSPS) is 24.7. The molecule has 1 atom stereocenters. The number of piperidine rings is 1. The van der Waals surface area contributed by atoms with Crippen LogP contribution in [0.4, 0.5) is 0 Å².